The molecule has 0 aromatic heterocycles. The fourth-order valence-corrected chi connectivity index (χ4v) is 3.23. The highest BCUT2D eigenvalue weighted by Gasteiger charge is 2.09. The number of amides is 1. The Morgan fingerprint density at radius 2 is 1.43 bits per heavy atom. The smallest absolute Gasteiger partial charge is 0.255 e. The highest BCUT2D eigenvalue weighted by molar-refractivity contribution is 7.95. The van der Waals surface area contributed by atoms with Gasteiger partial charge in [0, 0.05) is 16.9 Å². The van der Waals surface area contributed by atoms with E-state index in [9.17, 15) is 17.6 Å². The van der Waals surface area contributed by atoms with E-state index in [1.165, 1.54) is 54.6 Å². The van der Waals surface area contributed by atoms with Gasteiger partial charge >= 0.3 is 0 Å². The molecule has 0 radical (unpaired) electrons. The fraction of sp³-hybridized carbons (Fsp3) is 0. The van der Waals surface area contributed by atoms with Crippen molar-refractivity contribution in [3.05, 3.63) is 101 Å². The van der Waals surface area contributed by atoms with E-state index in [4.69, 9.17) is 0 Å². The molecule has 0 saturated heterocycles. The first-order valence-corrected chi connectivity index (χ1v) is 9.89. The van der Waals surface area contributed by atoms with Gasteiger partial charge < -0.3 is 5.32 Å². The van der Waals surface area contributed by atoms with Crippen molar-refractivity contribution in [1.82, 2.24) is 0 Å². The number of benzene rings is 3. The van der Waals surface area contributed by atoms with Gasteiger partial charge in [-0.1, -0.05) is 30.3 Å². The Morgan fingerprint density at radius 1 is 0.821 bits per heavy atom. The maximum absolute atomic E-state index is 12.9. The molecule has 0 bridgehead atoms. The average Bonchev–Trinajstić information content (AvgIpc) is 2.69. The Labute approximate surface area is 162 Å². The second-order valence-corrected chi connectivity index (χ2v) is 7.47. The third kappa shape index (κ3) is 5.52. The van der Waals surface area contributed by atoms with Crippen LogP contribution in [0.25, 0.3) is 6.08 Å². The summed E-state index contributed by atoms with van der Waals surface area (Å²) in [6.45, 7) is 0. The lowest BCUT2D eigenvalue weighted by molar-refractivity contribution is 0.102. The summed E-state index contributed by atoms with van der Waals surface area (Å²) in [6, 6.07) is 20.4. The summed E-state index contributed by atoms with van der Waals surface area (Å²) in [6.07, 6.45) is 1.49. The summed E-state index contributed by atoms with van der Waals surface area (Å²) in [5.41, 5.74) is 1.89. The number of hydrogen-bond acceptors (Lipinski definition) is 3. The van der Waals surface area contributed by atoms with Crippen molar-refractivity contribution in [2.45, 2.75) is 0 Å². The largest absolute Gasteiger partial charge is 0.322 e. The summed E-state index contributed by atoms with van der Waals surface area (Å²) < 4.78 is 39.6. The van der Waals surface area contributed by atoms with E-state index in [0.29, 0.717) is 16.9 Å². The lowest BCUT2D eigenvalue weighted by Gasteiger charge is -2.07. The van der Waals surface area contributed by atoms with E-state index >= 15 is 0 Å². The molecule has 0 saturated carbocycles. The minimum Gasteiger partial charge on any atom is -0.322 e. The molecule has 5 nitrogen and oxygen atoms in total. The van der Waals surface area contributed by atoms with Crippen molar-refractivity contribution in [2.75, 3.05) is 10.0 Å². The second kappa shape index (κ2) is 8.49. The first-order valence-electron chi connectivity index (χ1n) is 8.34. The van der Waals surface area contributed by atoms with Crippen LogP contribution in [0.1, 0.15) is 15.9 Å². The molecular weight excluding hydrogens is 379 g/mol. The number of nitrogens with one attached hydrogen (secondary N) is 2. The van der Waals surface area contributed by atoms with Crippen molar-refractivity contribution < 1.29 is 17.6 Å². The molecular formula is C21H17FN2O3S. The van der Waals surface area contributed by atoms with E-state index in [1.54, 1.807) is 12.1 Å². The zero-order valence-electron chi connectivity index (χ0n) is 14.7. The molecule has 142 valence electrons. The summed E-state index contributed by atoms with van der Waals surface area (Å²) in [5.74, 6) is -0.777. The zero-order valence-corrected chi connectivity index (χ0v) is 15.5. The molecule has 0 atom stereocenters. The molecule has 0 heterocycles. The van der Waals surface area contributed by atoms with Crippen molar-refractivity contribution in [2.24, 2.45) is 0 Å². The van der Waals surface area contributed by atoms with Crippen LogP contribution in [0.15, 0.2) is 84.3 Å². The Kier molecular flexibility index (Phi) is 5.86. The van der Waals surface area contributed by atoms with Crippen molar-refractivity contribution >= 4 is 33.4 Å². The van der Waals surface area contributed by atoms with Crippen molar-refractivity contribution in [1.29, 1.82) is 0 Å². The van der Waals surface area contributed by atoms with Crippen LogP contribution in [0.3, 0.4) is 0 Å². The number of carbonyl (C=O) groups excluding carboxylic acids is 1. The quantitative estimate of drug-likeness (QED) is 0.645. The Balaban J connectivity index is 1.64. The van der Waals surface area contributed by atoms with Gasteiger partial charge in [0.2, 0.25) is 0 Å². The van der Waals surface area contributed by atoms with E-state index in [2.05, 4.69) is 10.0 Å². The van der Waals surface area contributed by atoms with Crippen LogP contribution in [-0.4, -0.2) is 14.3 Å². The molecule has 0 spiro atoms. The second-order valence-electron chi connectivity index (χ2n) is 5.90. The highest BCUT2D eigenvalue weighted by atomic mass is 32.2. The minimum atomic E-state index is -3.69. The predicted molar refractivity (Wildman–Crippen MR) is 109 cm³/mol. The van der Waals surface area contributed by atoms with Crippen molar-refractivity contribution in [3.8, 4) is 0 Å². The van der Waals surface area contributed by atoms with Crippen LogP contribution in [0.4, 0.5) is 15.8 Å². The normalized spacial score (nSPS) is 11.3. The van der Waals surface area contributed by atoms with Gasteiger partial charge in [0.1, 0.15) is 5.82 Å². The van der Waals surface area contributed by atoms with Gasteiger partial charge in [-0.15, -0.1) is 0 Å². The maximum Gasteiger partial charge on any atom is 0.255 e. The molecule has 2 N–H and O–H groups in total. The molecule has 3 rings (SSSR count). The van der Waals surface area contributed by atoms with E-state index in [-0.39, 0.29) is 5.91 Å². The molecule has 0 unspecified atom stereocenters. The SMILES string of the molecule is O=C(Nc1ccc(F)cc1)c1ccc(NS(=O)(=O)/C=C/c2ccccc2)cc1. The fourth-order valence-electron chi connectivity index (χ4n) is 2.36. The van der Waals surface area contributed by atoms with Crippen LogP contribution in [0.5, 0.6) is 0 Å². The molecule has 7 heteroatoms. The van der Waals surface area contributed by atoms with Crippen molar-refractivity contribution in [3.63, 3.8) is 0 Å². The van der Waals surface area contributed by atoms with Gasteiger partial charge in [0.15, 0.2) is 0 Å². The minimum absolute atomic E-state index is 0.330. The Hall–Kier alpha value is -3.45. The Morgan fingerprint density at radius 3 is 2.07 bits per heavy atom. The predicted octanol–water partition coefficient (Wildman–Crippen LogP) is 4.49. The number of sulfonamides is 1. The van der Waals surface area contributed by atoms with Crippen LogP contribution in [0.2, 0.25) is 0 Å². The van der Waals surface area contributed by atoms with Crippen LogP contribution in [-0.2, 0) is 10.0 Å². The zero-order chi connectivity index (χ0) is 20.0. The van der Waals surface area contributed by atoms with Crippen LogP contribution >= 0.6 is 0 Å². The number of carbonyl (C=O) groups is 1. The topological polar surface area (TPSA) is 75.3 Å². The Bertz CT molecular complexity index is 1080. The molecule has 0 aliphatic heterocycles. The number of hydrogen-bond donors (Lipinski definition) is 2. The number of halogens is 1. The third-order valence-corrected chi connectivity index (χ3v) is 4.76. The summed E-state index contributed by atoms with van der Waals surface area (Å²) in [4.78, 5) is 12.2. The standard InChI is InChI=1S/C21H17FN2O3S/c22-18-8-12-19(13-9-18)23-21(25)17-6-10-20(11-7-17)24-28(26,27)15-14-16-4-2-1-3-5-16/h1-15,24H,(H,23,25)/b15-14+. The third-order valence-electron chi connectivity index (χ3n) is 3.75. The summed E-state index contributed by atoms with van der Waals surface area (Å²) >= 11 is 0. The first kappa shape index (κ1) is 19.3. The molecule has 0 aliphatic rings. The monoisotopic (exact) mass is 396 g/mol. The number of rotatable bonds is 6. The van der Waals surface area contributed by atoms with Gasteiger partial charge in [0.05, 0.1) is 5.41 Å². The summed E-state index contributed by atoms with van der Waals surface area (Å²) in [5, 5.41) is 3.72. The van der Waals surface area contributed by atoms with Gasteiger partial charge in [-0.2, -0.15) is 0 Å². The maximum atomic E-state index is 12.9. The first-order chi connectivity index (χ1) is 13.4. The van der Waals surface area contributed by atoms with E-state index in [1.807, 2.05) is 18.2 Å². The van der Waals surface area contributed by atoms with Crippen LogP contribution in [0, 0.1) is 5.82 Å². The molecule has 0 fully saturated rings. The van der Waals surface area contributed by atoms with Gasteiger partial charge in [-0.05, 0) is 60.2 Å². The van der Waals surface area contributed by atoms with Gasteiger partial charge in [0.25, 0.3) is 15.9 Å². The highest BCUT2D eigenvalue weighted by Crippen LogP contribution is 2.15. The lowest BCUT2D eigenvalue weighted by atomic mass is 10.2. The molecule has 0 aliphatic carbocycles. The van der Waals surface area contributed by atoms with E-state index in [0.717, 1.165) is 11.0 Å². The lowest BCUT2D eigenvalue weighted by Crippen LogP contribution is -2.12. The molecule has 1 amide bonds. The number of anilines is 2. The van der Waals surface area contributed by atoms with Crippen LogP contribution < -0.4 is 10.0 Å². The summed E-state index contributed by atoms with van der Waals surface area (Å²) in [7, 11) is -3.69. The average molecular weight is 396 g/mol. The molecule has 28 heavy (non-hydrogen) atoms. The van der Waals surface area contributed by atoms with E-state index < -0.39 is 15.8 Å². The van der Waals surface area contributed by atoms with Gasteiger partial charge in [-0.25, -0.2) is 12.8 Å². The van der Waals surface area contributed by atoms with Gasteiger partial charge in [-0.3, -0.25) is 9.52 Å². The molecule has 3 aromatic rings. The molecule has 3 aromatic carbocycles.